The van der Waals surface area contributed by atoms with Crippen molar-refractivity contribution >= 4 is 45.6 Å². The summed E-state index contributed by atoms with van der Waals surface area (Å²) < 4.78 is 0.519. The minimum atomic E-state index is -0.457. The summed E-state index contributed by atoms with van der Waals surface area (Å²) in [4.78, 5) is 26.8. The number of likely N-dealkylation sites (tertiary alicyclic amines) is 1. The average Bonchev–Trinajstić information content (AvgIpc) is 2.82. The Hall–Kier alpha value is -1.51. The van der Waals surface area contributed by atoms with Crippen molar-refractivity contribution in [3.05, 3.63) is 34.4 Å². The number of rotatable bonds is 4. The molecular weight excluding hydrogens is 334 g/mol. The van der Waals surface area contributed by atoms with Crippen LogP contribution < -0.4 is 4.90 Å². The van der Waals surface area contributed by atoms with Crippen LogP contribution in [0.3, 0.4) is 0 Å². The zero-order chi connectivity index (χ0) is 16.4. The second kappa shape index (κ2) is 6.94. The van der Waals surface area contributed by atoms with Gasteiger partial charge in [0.15, 0.2) is 0 Å². The molecule has 0 bridgehead atoms. The molecule has 0 N–H and O–H groups in total. The molecule has 23 heavy (non-hydrogen) atoms. The van der Waals surface area contributed by atoms with Gasteiger partial charge in [0.1, 0.15) is 9.57 Å². The van der Waals surface area contributed by atoms with E-state index >= 15 is 0 Å². The van der Waals surface area contributed by atoms with Gasteiger partial charge in [-0.2, -0.15) is 0 Å². The predicted molar refractivity (Wildman–Crippen MR) is 94.9 cm³/mol. The van der Waals surface area contributed by atoms with E-state index in [-0.39, 0.29) is 16.8 Å². The Labute approximate surface area is 144 Å². The van der Waals surface area contributed by atoms with Gasteiger partial charge in [0.2, 0.25) is 5.91 Å². The van der Waals surface area contributed by atoms with E-state index in [0.29, 0.717) is 16.6 Å². The Morgan fingerprint density at radius 2 is 1.87 bits per heavy atom. The van der Waals surface area contributed by atoms with E-state index in [1.54, 1.807) is 12.1 Å². The first-order chi connectivity index (χ1) is 11.1. The summed E-state index contributed by atoms with van der Waals surface area (Å²) in [5.74, 6) is -0.0283. The Morgan fingerprint density at radius 1 is 1.22 bits per heavy atom. The number of nitro groups is 1. The number of carbonyl (C=O) groups is 1. The molecule has 1 amide bonds. The zero-order valence-electron chi connectivity index (χ0n) is 12.5. The van der Waals surface area contributed by atoms with Gasteiger partial charge in [0.25, 0.3) is 5.69 Å². The molecule has 1 aromatic carbocycles. The molecule has 0 saturated carbocycles. The molecule has 2 fully saturated rings. The summed E-state index contributed by atoms with van der Waals surface area (Å²) >= 11 is 6.76. The highest BCUT2D eigenvalue weighted by atomic mass is 32.2. The standard InChI is InChI=1S/C15H17N3O3S2/c19-14-13(10-16-8-2-1-3-9-16)23-15(22)17(14)11-4-6-12(7-5-11)18(20)21/h4-7,13H,1-3,8-10H2. The van der Waals surface area contributed by atoms with Crippen LogP contribution in [0.1, 0.15) is 19.3 Å². The maximum atomic E-state index is 12.7. The lowest BCUT2D eigenvalue weighted by atomic mass is 10.1. The summed E-state index contributed by atoms with van der Waals surface area (Å²) in [6.45, 7) is 2.79. The molecule has 2 heterocycles. The summed E-state index contributed by atoms with van der Waals surface area (Å²) in [6, 6.07) is 5.94. The fourth-order valence-electron chi connectivity index (χ4n) is 2.91. The minimum absolute atomic E-state index is 0.00355. The van der Waals surface area contributed by atoms with E-state index in [0.717, 1.165) is 13.1 Å². The monoisotopic (exact) mass is 351 g/mol. The highest BCUT2D eigenvalue weighted by molar-refractivity contribution is 8.25. The first-order valence-corrected chi connectivity index (χ1v) is 8.86. The van der Waals surface area contributed by atoms with Crippen LogP contribution in [-0.2, 0) is 4.79 Å². The number of non-ortho nitro benzene ring substituents is 1. The minimum Gasteiger partial charge on any atom is -0.302 e. The van der Waals surface area contributed by atoms with E-state index in [4.69, 9.17) is 12.2 Å². The van der Waals surface area contributed by atoms with Gasteiger partial charge in [0, 0.05) is 18.7 Å². The largest absolute Gasteiger partial charge is 0.302 e. The number of nitrogens with zero attached hydrogens (tertiary/aromatic N) is 3. The average molecular weight is 351 g/mol. The third-order valence-electron chi connectivity index (χ3n) is 4.11. The zero-order valence-corrected chi connectivity index (χ0v) is 14.1. The second-order valence-electron chi connectivity index (χ2n) is 5.68. The number of hydrogen-bond donors (Lipinski definition) is 0. The van der Waals surface area contributed by atoms with E-state index in [9.17, 15) is 14.9 Å². The second-order valence-corrected chi connectivity index (χ2v) is 7.52. The van der Waals surface area contributed by atoms with E-state index < -0.39 is 4.92 Å². The summed E-state index contributed by atoms with van der Waals surface area (Å²) in [5, 5.41) is 10.5. The smallest absolute Gasteiger partial charge is 0.269 e. The highest BCUT2D eigenvalue weighted by Gasteiger charge is 2.38. The fraction of sp³-hybridized carbons (Fsp3) is 0.467. The number of amides is 1. The van der Waals surface area contributed by atoms with E-state index in [1.807, 2.05) is 0 Å². The molecule has 0 radical (unpaired) electrons. The quantitative estimate of drug-likeness (QED) is 0.472. The van der Waals surface area contributed by atoms with Gasteiger partial charge >= 0.3 is 0 Å². The third-order valence-corrected chi connectivity index (χ3v) is 5.60. The normalized spacial score (nSPS) is 22.6. The van der Waals surface area contributed by atoms with Crippen LogP contribution in [0.15, 0.2) is 24.3 Å². The lowest BCUT2D eigenvalue weighted by molar-refractivity contribution is -0.384. The molecular formula is C15H17N3O3S2. The number of anilines is 1. The van der Waals surface area contributed by atoms with Crippen LogP contribution in [-0.4, -0.2) is 44.9 Å². The van der Waals surface area contributed by atoms with Crippen LogP contribution in [0.5, 0.6) is 0 Å². The van der Waals surface area contributed by atoms with Crippen molar-refractivity contribution in [1.29, 1.82) is 0 Å². The van der Waals surface area contributed by atoms with Gasteiger partial charge < -0.3 is 4.90 Å². The molecule has 1 aromatic rings. The molecule has 122 valence electrons. The van der Waals surface area contributed by atoms with Crippen LogP contribution >= 0.6 is 24.0 Å². The predicted octanol–water partition coefficient (Wildman–Crippen LogP) is 2.81. The molecule has 2 aliphatic rings. The van der Waals surface area contributed by atoms with Gasteiger partial charge in [0.05, 0.1) is 10.6 Å². The lowest BCUT2D eigenvalue weighted by Crippen LogP contribution is -2.40. The Kier molecular flexibility index (Phi) is 4.93. The summed E-state index contributed by atoms with van der Waals surface area (Å²) in [6.07, 6.45) is 3.62. The number of nitro benzene ring substituents is 1. The third kappa shape index (κ3) is 3.54. The molecule has 0 aliphatic carbocycles. The van der Waals surface area contributed by atoms with E-state index in [2.05, 4.69) is 4.90 Å². The van der Waals surface area contributed by atoms with Crippen molar-refractivity contribution in [1.82, 2.24) is 4.90 Å². The maximum absolute atomic E-state index is 12.7. The number of hydrogen-bond acceptors (Lipinski definition) is 6. The Bertz CT molecular complexity index is 629. The molecule has 3 rings (SSSR count). The van der Waals surface area contributed by atoms with Gasteiger partial charge in [-0.15, -0.1) is 0 Å². The number of thioether (sulfide) groups is 1. The highest BCUT2D eigenvalue weighted by Crippen LogP contribution is 2.33. The first-order valence-electron chi connectivity index (χ1n) is 7.57. The van der Waals surface area contributed by atoms with Crippen LogP contribution in [0.2, 0.25) is 0 Å². The topological polar surface area (TPSA) is 66.7 Å². The number of carbonyl (C=O) groups excluding carboxylic acids is 1. The maximum Gasteiger partial charge on any atom is 0.269 e. The summed E-state index contributed by atoms with van der Waals surface area (Å²) in [5.41, 5.74) is 0.600. The van der Waals surface area contributed by atoms with Crippen molar-refractivity contribution in [3.8, 4) is 0 Å². The van der Waals surface area contributed by atoms with Crippen LogP contribution in [0, 0.1) is 10.1 Å². The van der Waals surface area contributed by atoms with E-state index in [1.165, 1.54) is 48.1 Å². The van der Waals surface area contributed by atoms with Crippen molar-refractivity contribution in [2.75, 3.05) is 24.5 Å². The first kappa shape index (κ1) is 16.4. The van der Waals surface area contributed by atoms with Gasteiger partial charge in [-0.1, -0.05) is 30.4 Å². The molecule has 8 heteroatoms. The molecule has 1 atom stereocenters. The van der Waals surface area contributed by atoms with Gasteiger partial charge in [-0.05, 0) is 38.1 Å². The van der Waals surface area contributed by atoms with Gasteiger partial charge in [-0.25, -0.2) is 0 Å². The van der Waals surface area contributed by atoms with Crippen molar-refractivity contribution < 1.29 is 9.72 Å². The molecule has 6 nitrogen and oxygen atoms in total. The SMILES string of the molecule is O=C1C(CN2CCCCC2)SC(=S)N1c1ccc([N+](=O)[O-])cc1. The van der Waals surface area contributed by atoms with Crippen LogP contribution in [0.4, 0.5) is 11.4 Å². The van der Waals surface area contributed by atoms with Crippen molar-refractivity contribution in [3.63, 3.8) is 0 Å². The Morgan fingerprint density at radius 3 is 2.48 bits per heavy atom. The van der Waals surface area contributed by atoms with Crippen LogP contribution in [0.25, 0.3) is 0 Å². The molecule has 0 spiro atoms. The number of piperidine rings is 1. The number of thiocarbonyl (C=S) groups is 1. The van der Waals surface area contributed by atoms with Crippen molar-refractivity contribution in [2.45, 2.75) is 24.5 Å². The molecule has 0 aromatic heterocycles. The van der Waals surface area contributed by atoms with Gasteiger partial charge in [-0.3, -0.25) is 19.8 Å². The molecule has 2 aliphatic heterocycles. The molecule has 2 saturated heterocycles. The molecule has 1 unspecified atom stereocenters. The lowest BCUT2D eigenvalue weighted by Gasteiger charge is -2.27. The Balaban J connectivity index is 1.71. The fourth-order valence-corrected chi connectivity index (χ4v) is 4.49. The summed E-state index contributed by atoms with van der Waals surface area (Å²) in [7, 11) is 0. The van der Waals surface area contributed by atoms with Crippen molar-refractivity contribution in [2.24, 2.45) is 0 Å². The number of benzene rings is 1.